The van der Waals surface area contributed by atoms with Gasteiger partial charge in [0.05, 0.1) is 11.6 Å². The standard InChI is InChI=1S/C19H14N2O2/c20-13-15-6-8-17(9-7-15)21-11-10-18(12-19(21)22)23-14-16-4-2-1-3-5-16/h1-12H,14H2. The smallest absolute Gasteiger partial charge is 0.258 e. The summed E-state index contributed by atoms with van der Waals surface area (Å²) in [5.41, 5.74) is 2.14. The molecule has 2 aromatic carbocycles. The average molecular weight is 302 g/mol. The van der Waals surface area contributed by atoms with Crippen LogP contribution >= 0.6 is 0 Å². The van der Waals surface area contributed by atoms with Gasteiger partial charge in [-0.1, -0.05) is 30.3 Å². The van der Waals surface area contributed by atoms with Gasteiger partial charge in [-0.25, -0.2) is 0 Å². The Kier molecular flexibility index (Phi) is 4.21. The van der Waals surface area contributed by atoms with E-state index in [1.807, 2.05) is 30.3 Å². The van der Waals surface area contributed by atoms with Gasteiger partial charge in [0.15, 0.2) is 0 Å². The number of rotatable bonds is 4. The number of hydrogen-bond acceptors (Lipinski definition) is 3. The zero-order chi connectivity index (χ0) is 16.1. The summed E-state index contributed by atoms with van der Waals surface area (Å²) >= 11 is 0. The second kappa shape index (κ2) is 6.63. The fourth-order valence-corrected chi connectivity index (χ4v) is 2.20. The van der Waals surface area contributed by atoms with E-state index in [1.54, 1.807) is 36.5 Å². The van der Waals surface area contributed by atoms with Crippen molar-refractivity contribution in [2.45, 2.75) is 6.61 Å². The SMILES string of the molecule is N#Cc1ccc(-n2ccc(OCc3ccccc3)cc2=O)cc1. The summed E-state index contributed by atoms with van der Waals surface area (Å²) in [7, 11) is 0. The first kappa shape index (κ1) is 14.6. The molecule has 1 heterocycles. The molecular weight excluding hydrogens is 288 g/mol. The second-order valence-electron chi connectivity index (χ2n) is 5.00. The van der Waals surface area contributed by atoms with E-state index in [4.69, 9.17) is 10.00 Å². The summed E-state index contributed by atoms with van der Waals surface area (Å²) in [6, 6.07) is 21.9. The predicted octanol–water partition coefficient (Wildman–Crippen LogP) is 3.29. The minimum atomic E-state index is -0.180. The van der Waals surface area contributed by atoms with Gasteiger partial charge in [-0.2, -0.15) is 5.26 Å². The number of aromatic nitrogens is 1. The summed E-state index contributed by atoms with van der Waals surface area (Å²) in [6.07, 6.45) is 1.67. The van der Waals surface area contributed by atoms with Crippen molar-refractivity contribution in [1.82, 2.24) is 4.57 Å². The normalized spacial score (nSPS) is 10.0. The summed E-state index contributed by atoms with van der Waals surface area (Å²) < 4.78 is 7.15. The molecule has 23 heavy (non-hydrogen) atoms. The first-order chi connectivity index (χ1) is 11.3. The molecule has 4 nitrogen and oxygen atoms in total. The first-order valence-corrected chi connectivity index (χ1v) is 7.16. The third-order valence-electron chi connectivity index (χ3n) is 3.41. The molecule has 0 fully saturated rings. The van der Waals surface area contributed by atoms with E-state index in [-0.39, 0.29) is 5.56 Å². The monoisotopic (exact) mass is 302 g/mol. The molecule has 0 saturated carbocycles. The van der Waals surface area contributed by atoms with Crippen LogP contribution in [0, 0.1) is 11.3 Å². The van der Waals surface area contributed by atoms with E-state index in [0.717, 1.165) is 5.56 Å². The van der Waals surface area contributed by atoms with Crippen molar-refractivity contribution in [1.29, 1.82) is 5.26 Å². The lowest BCUT2D eigenvalue weighted by atomic mass is 10.2. The molecule has 1 aromatic heterocycles. The van der Waals surface area contributed by atoms with Gasteiger partial charge in [0.25, 0.3) is 5.56 Å². The molecule has 3 aromatic rings. The van der Waals surface area contributed by atoms with Crippen LogP contribution < -0.4 is 10.3 Å². The highest BCUT2D eigenvalue weighted by Gasteiger charge is 2.03. The maximum atomic E-state index is 12.2. The molecule has 0 radical (unpaired) electrons. The van der Waals surface area contributed by atoms with Crippen LogP contribution in [0.2, 0.25) is 0 Å². The van der Waals surface area contributed by atoms with E-state index < -0.39 is 0 Å². The van der Waals surface area contributed by atoms with Crippen molar-refractivity contribution >= 4 is 0 Å². The minimum absolute atomic E-state index is 0.180. The summed E-state index contributed by atoms with van der Waals surface area (Å²) in [5, 5.41) is 8.81. The van der Waals surface area contributed by atoms with E-state index in [1.165, 1.54) is 10.6 Å². The molecule has 0 aliphatic carbocycles. The van der Waals surface area contributed by atoms with Crippen LogP contribution in [0.1, 0.15) is 11.1 Å². The maximum absolute atomic E-state index is 12.2. The highest BCUT2D eigenvalue weighted by Crippen LogP contribution is 2.12. The first-order valence-electron chi connectivity index (χ1n) is 7.16. The quantitative estimate of drug-likeness (QED) is 0.743. The molecule has 0 aliphatic rings. The van der Waals surface area contributed by atoms with E-state index >= 15 is 0 Å². The fourth-order valence-electron chi connectivity index (χ4n) is 2.20. The Bertz CT molecular complexity index is 891. The Morgan fingerprint density at radius 2 is 1.74 bits per heavy atom. The van der Waals surface area contributed by atoms with Crippen molar-refractivity contribution in [3.63, 3.8) is 0 Å². The van der Waals surface area contributed by atoms with Gasteiger partial charge in [0.2, 0.25) is 0 Å². The Morgan fingerprint density at radius 1 is 1.00 bits per heavy atom. The van der Waals surface area contributed by atoms with E-state index in [9.17, 15) is 4.79 Å². The highest BCUT2D eigenvalue weighted by atomic mass is 16.5. The van der Waals surface area contributed by atoms with Crippen LogP contribution in [0.15, 0.2) is 77.7 Å². The molecule has 0 atom stereocenters. The maximum Gasteiger partial charge on any atom is 0.258 e. The zero-order valence-corrected chi connectivity index (χ0v) is 12.3. The largest absolute Gasteiger partial charge is 0.489 e. The van der Waals surface area contributed by atoms with Crippen molar-refractivity contribution in [3.8, 4) is 17.5 Å². The summed E-state index contributed by atoms with van der Waals surface area (Å²) in [5.74, 6) is 0.531. The lowest BCUT2D eigenvalue weighted by Crippen LogP contribution is -2.16. The van der Waals surface area contributed by atoms with Gasteiger partial charge >= 0.3 is 0 Å². The molecule has 4 heteroatoms. The third kappa shape index (κ3) is 3.47. The van der Waals surface area contributed by atoms with Crippen LogP contribution in [0.4, 0.5) is 0 Å². The van der Waals surface area contributed by atoms with Crippen LogP contribution in [-0.4, -0.2) is 4.57 Å². The number of nitriles is 1. The molecule has 0 aliphatic heterocycles. The van der Waals surface area contributed by atoms with Gasteiger partial charge in [-0.15, -0.1) is 0 Å². The summed E-state index contributed by atoms with van der Waals surface area (Å²) in [6.45, 7) is 0.418. The average Bonchev–Trinajstić information content (AvgIpc) is 2.61. The van der Waals surface area contributed by atoms with Crippen molar-refractivity contribution in [2.24, 2.45) is 0 Å². The van der Waals surface area contributed by atoms with Gasteiger partial charge in [0, 0.05) is 18.0 Å². The van der Waals surface area contributed by atoms with Gasteiger partial charge in [0.1, 0.15) is 12.4 Å². The van der Waals surface area contributed by atoms with Crippen LogP contribution in [-0.2, 0) is 6.61 Å². The number of benzene rings is 2. The Morgan fingerprint density at radius 3 is 2.39 bits per heavy atom. The molecule has 0 unspecified atom stereocenters. The molecule has 0 N–H and O–H groups in total. The number of ether oxygens (including phenoxy) is 1. The Hall–Kier alpha value is -3.32. The van der Waals surface area contributed by atoms with Crippen LogP contribution in [0.3, 0.4) is 0 Å². The third-order valence-corrected chi connectivity index (χ3v) is 3.41. The van der Waals surface area contributed by atoms with Gasteiger partial charge in [-0.3, -0.25) is 9.36 Å². The molecule has 112 valence electrons. The van der Waals surface area contributed by atoms with Crippen molar-refractivity contribution < 1.29 is 4.74 Å². The van der Waals surface area contributed by atoms with Crippen LogP contribution in [0.5, 0.6) is 5.75 Å². The minimum Gasteiger partial charge on any atom is -0.489 e. The second-order valence-corrected chi connectivity index (χ2v) is 5.00. The fraction of sp³-hybridized carbons (Fsp3) is 0.0526. The molecule has 0 spiro atoms. The topological polar surface area (TPSA) is 55.0 Å². The lowest BCUT2D eigenvalue weighted by molar-refractivity contribution is 0.305. The van der Waals surface area contributed by atoms with Gasteiger partial charge < -0.3 is 4.74 Å². The molecule has 0 amide bonds. The Balaban J connectivity index is 1.78. The lowest BCUT2D eigenvalue weighted by Gasteiger charge is -2.09. The molecule has 3 rings (SSSR count). The molecule has 0 bridgehead atoms. The number of hydrogen-bond donors (Lipinski definition) is 0. The van der Waals surface area contributed by atoms with Gasteiger partial charge in [-0.05, 0) is 35.9 Å². The zero-order valence-electron chi connectivity index (χ0n) is 12.3. The summed E-state index contributed by atoms with van der Waals surface area (Å²) in [4.78, 5) is 12.2. The van der Waals surface area contributed by atoms with Crippen LogP contribution in [0.25, 0.3) is 5.69 Å². The van der Waals surface area contributed by atoms with Crippen molar-refractivity contribution in [3.05, 3.63) is 94.4 Å². The predicted molar refractivity (Wildman–Crippen MR) is 87.5 cm³/mol. The Labute approximate surface area is 133 Å². The van der Waals surface area contributed by atoms with E-state index in [0.29, 0.717) is 23.6 Å². The number of pyridine rings is 1. The molecular formula is C19H14N2O2. The van der Waals surface area contributed by atoms with E-state index in [2.05, 4.69) is 6.07 Å². The number of nitrogens with zero attached hydrogens (tertiary/aromatic N) is 2. The van der Waals surface area contributed by atoms with Crippen molar-refractivity contribution in [2.75, 3.05) is 0 Å². The molecule has 0 saturated heterocycles. The highest BCUT2D eigenvalue weighted by molar-refractivity contribution is 5.40.